The zero-order valence-corrected chi connectivity index (χ0v) is 11.9. The van der Waals surface area contributed by atoms with E-state index in [0.29, 0.717) is 12.1 Å². The van der Waals surface area contributed by atoms with Gasteiger partial charge in [-0.3, -0.25) is 9.89 Å². The molecule has 1 amide bonds. The van der Waals surface area contributed by atoms with Crippen molar-refractivity contribution in [1.29, 1.82) is 0 Å². The fourth-order valence-electron chi connectivity index (χ4n) is 2.22. The summed E-state index contributed by atoms with van der Waals surface area (Å²) in [4.78, 5) is 16.5. The Balaban J connectivity index is 1.73. The van der Waals surface area contributed by atoms with Gasteiger partial charge in [0.05, 0.1) is 23.1 Å². The molecule has 0 aliphatic heterocycles. The van der Waals surface area contributed by atoms with Crippen molar-refractivity contribution in [3.05, 3.63) is 47.2 Å². The van der Waals surface area contributed by atoms with Crippen LogP contribution < -0.4 is 5.32 Å². The number of aryl methyl sites for hydroxylation is 2. The van der Waals surface area contributed by atoms with E-state index in [9.17, 15) is 4.79 Å². The minimum absolute atomic E-state index is 0.140. The standard InChI is InChI=1S/C14H16N6O/c1-9-5-13-16-8-12(10(2)20(13)19-9)14(21)15-4-3-11-6-17-18-7-11/h5-8H,3-4H2,1-2H3,(H,15,21)(H,17,18). The van der Waals surface area contributed by atoms with E-state index in [1.165, 1.54) is 0 Å². The quantitative estimate of drug-likeness (QED) is 0.749. The molecule has 0 atom stereocenters. The smallest absolute Gasteiger partial charge is 0.254 e. The number of nitrogens with zero attached hydrogens (tertiary/aromatic N) is 4. The maximum absolute atomic E-state index is 12.2. The maximum Gasteiger partial charge on any atom is 0.254 e. The Labute approximate surface area is 121 Å². The van der Waals surface area contributed by atoms with Gasteiger partial charge in [0.2, 0.25) is 0 Å². The fourth-order valence-corrected chi connectivity index (χ4v) is 2.22. The van der Waals surface area contributed by atoms with Crippen molar-refractivity contribution in [2.24, 2.45) is 0 Å². The predicted octanol–water partition coefficient (Wildman–Crippen LogP) is 1.04. The number of fused-ring (bicyclic) bond motifs is 1. The average molecular weight is 284 g/mol. The van der Waals surface area contributed by atoms with E-state index in [1.54, 1.807) is 16.9 Å². The lowest BCUT2D eigenvalue weighted by Gasteiger charge is -2.08. The number of hydrogen-bond acceptors (Lipinski definition) is 4. The Morgan fingerprint density at radius 1 is 1.38 bits per heavy atom. The van der Waals surface area contributed by atoms with Gasteiger partial charge in [0, 0.05) is 25.0 Å². The Kier molecular flexibility index (Phi) is 3.39. The molecule has 0 spiro atoms. The van der Waals surface area contributed by atoms with Crippen LogP contribution in [0.2, 0.25) is 0 Å². The first-order valence-corrected chi connectivity index (χ1v) is 6.73. The minimum Gasteiger partial charge on any atom is -0.352 e. The first kappa shape index (κ1) is 13.3. The fraction of sp³-hybridized carbons (Fsp3) is 0.286. The van der Waals surface area contributed by atoms with Crippen LogP contribution in [-0.4, -0.2) is 37.2 Å². The lowest BCUT2D eigenvalue weighted by atomic mass is 10.2. The van der Waals surface area contributed by atoms with Crippen molar-refractivity contribution in [1.82, 2.24) is 30.1 Å². The van der Waals surface area contributed by atoms with Gasteiger partial charge in [0.15, 0.2) is 5.65 Å². The van der Waals surface area contributed by atoms with Crippen molar-refractivity contribution in [2.45, 2.75) is 20.3 Å². The van der Waals surface area contributed by atoms with Crippen molar-refractivity contribution < 1.29 is 4.79 Å². The Morgan fingerprint density at radius 3 is 3.00 bits per heavy atom. The van der Waals surface area contributed by atoms with Crippen LogP contribution in [0.5, 0.6) is 0 Å². The van der Waals surface area contributed by atoms with Crippen LogP contribution in [0, 0.1) is 13.8 Å². The van der Waals surface area contributed by atoms with Crippen LogP contribution in [0.3, 0.4) is 0 Å². The third kappa shape index (κ3) is 2.62. The third-order valence-corrected chi connectivity index (χ3v) is 3.34. The van der Waals surface area contributed by atoms with Crippen molar-refractivity contribution >= 4 is 11.6 Å². The van der Waals surface area contributed by atoms with Gasteiger partial charge in [-0.25, -0.2) is 9.50 Å². The maximum atomic E-state index is 12.2. The van der Waals surface area contributed by atoms with Crippen molar-refractivity contribution in [2.75, 3.05) is 6.54 Å². The molecular formula is C14H16N6O. The molecule has 108 valence electrons. The van der Waals surface area contributed by atoms with Crippen molar-refractivity contribution in [3.8, 4) is 0 Å². The molecule has 0 unspecified atom stereocenters. The number of carbonyl (C=O) groups excluding carboxylic acids is 1. The SMILES string of the molecule is Cc1cc2ncc(C(=O)NCCc3cn[nH]c3)c(C)n2n1. The van der Waals surface area contributed by atoms with Crippen LogP contribution in [0.4, 0.5) is 0 Å². The second-order valence-corrected chi connectivity index (χ2v) is 4.93. The molecule has 0 saturated heterocycles. The van der Waals surface area contributed by atoms with Crippen molar-refractivity contribution in [3.63, 3.8) is 0 Å². The monoisotopic (exact) mass is 284 g/mol. The van der Waals surface area contributed by atoms with Gasteiger partial charge in [-0.15, -0.1) is 0 Å². The van der Waals surface area contributed by atoms with Gasteiger partial charge in [0.25, 0.3) is 5.91 Å². The topological polar surface area (TPSA) is 88.0 Å². The van der Waals surface area contributed by atoms with Crippen LogP contribution in [-0.2, 0) is 6.42 Å². The van der Waals surface area contributed by atoms with Gasteiger partial charge < -0.3 is 5.32 Å². The molecule has 3 rings (SSSR count). The van der Waals surface area contributed by atoms with Crippen LogP contribution >= 0.6 is 0 Å². The van der Waals surface area contributed by atoms with E-state index in [0.717, 1.165) is 29.0 Å². The molecule has 3 heterocycles. The second kappa shape index (κ2) is 5.35. The number of carbonyl (C=O) groups is 1. The number of aromatic nitrogens is 5. The molecule has 0 aliphatic rings. The number of amides is 1. The Morgan fingerprint density at radius 2 is 2.24 bits per heavy atom. The molecule has 0 bridgehead atoms. The van der Waals surface area contributed by atoms with Crippen LogP contribution in [0.15, 0.2) is 24.7 Å². The number of rotatable bonds is 4. The van der Waals surface area contributed by atoms with E-state index in [2.05, 4.69) is 25.6 Å². The second-order valence-electron chi connectivity index (χ2n) is 4.93. The summed E-state index contributed by atoms with van der Waals surface area (Å²) in [6.45, 7) is 4.32. The Hall–Kier alpha value is -2.70. The summed E-state index contributed by atoms with van der Waals surface area (Å²) in [6, 6.07) is 1.88. The molecule has 21 heavy (non-hydrogen) atoms. The van der Waals surface area contributed by atoms with Gasteiger partial charge in [-0.2, -0.15) is 10.2 Å². The minimum atomic E-state index is -0.140. The van der Waals surface area contributed by atoms with E-state index in [1.807, 2.05) is 26.1 Å². The first-order chi connectivity index (χ1) is 10.1. The summed E-state index contributed by atoms with van der Waals surface area (Å²) in [5.41, 5.74) is 4.01. The molecule has 0 aliphatic carbocycles. The molecule has 3 aromatic rings. The molecule has 0 aromatic carbocycles. The largest absolute Gasteiger partial charge is 0.352 e. The van der Waals surface area contributed by atoms with Crippen LogP contribution in [0.1, 0.15) is 27.3 Å². The summed E-state index contributed by atoms with van der Waals surface area (Å²) in [5.74, 6) is -0.140. The summed E-state index contributed by atoms with van der Waals surface area (Å²) < 4.78 is 1.69. The zero-order chi connectivity index (χ0) is 14.8. The summed E-state index contributed by atoms with van der Waals surface area (Å²) in [7, 11) is 0. The highest BCUT2D eigenvalue weighted by Crippen LogP contribution is 2.10. The van der Waals surface area contributed by atoms with Gasteiger partial charge in [0.1, 0.15) is 0 Å². The average Bonchev–Trinajstić information content (AvgIpc) is 3.08. The van der Waals surface area contributed by atoms with E-state index >= 15 is 0 Å². The number of H-pyrrole nitrogens is 1. The molecule has 7 heteroatoms. The van der Waals surface area contributed by atoms with E-state index in [4.69, 9.17) is 0 Å². The summed E-state index contributed by atoms with van der Waals surface area (Å²) >= 11 is 0. The molecule has 0 fully saturated rings. The molecule has 0 saturated carbocycles. The number of nitrogens with one attached hydrogen (secondary N) is 2. The molecule has 7 nitrogen and oxygen atoms in total. The summed E-state index contributed by atoms with van der Waals surface area (Å²) in [6.07, 6.45) is 5.89. The Bertz CT molecular complexity index is 774. The molecular weight excluding hydrogens is 268 g/mol. The normalized spacial score (nSPS) is 11.0. The molecule has 0 radical (unpaired) electrons. The predicted molar refractivity (Wildman–Crippen MR) is 77.1 cm³/mol. The highest BCUT2D eigenvalue weighted by molar-refractivity contribution is 5.95. The highest BCUT2D eigenvalue weighted by atomic mass is 16.1. The van der Waals surface area contributed by atoms with E-state index < -0.39 is 0 Å². The first-order valence-electron chi connectivity index (χ1n) is 6.73. The number of aromatic amines is 1. The van der Waals surface area contributed by atoms with Gasteiger partial charge >= 0.3 is 0 Å². The summed E-state index contributed by atoms with van der Waals surface area (Å²) in [5, 5.41) is 13.8. The van der Waals surface area contributed by atoms with E-state index in [-0.39, 0.29) is 5.91 Å². The third-order valence-electron chi connectivity index (χ3n) is 3.34. The lowest BCUT2D eigenvalue weighted by Crippen LogP contribution is -2.27. The van der Waals surface area contributed by atoms with Gasteiger partial charge in [-0.05, 0) is 25.8 Å². The highest BCUT2D eigenvalue weighted by Gasteiger charge is 2.13. The zero-order valence-electron chi connectivity index (χ0n) is 11.9. The van der Waals surface area contributed by atoms with Crippen LogP contribution in [0.25, 0.3) is 5.65 Å². The van der Waals surface area contributed by atoms with Gasteiger partial charge in [-0.1, -0.05) is 0 Å². The molecule has 2 N–H and O–H groups in total. The lowest BCUT2D eigenvalue weighted by molar-refractivity contribution is 0.0952. The number of hydrogen-bond donors (Lipinski definition) is 2. The molecule has 3 aromatic heterocycles.